The van der Waals surface area contributed by atoms with Crippen molar-refractivity contribution < 1.29 is 126 Å². The Morgan fingerprint density at radius 3 is 1.38 bits per heavy atom. The van der Waals surface area contributed by atoms with E-state index in [1.807, 2.05) is 42.5 Å². The van der Waals surface area contributed by atoms with Crippen LogP contribution in [0.15, 0.2) is 54.6 Å². The molecule has 120 valence electrons. The van der Waals surface area contributed by atoms with Crippen molar-refractivity contribution in [1.29, 1.82) is 0 Å². The van der Waals surface area contributed by atoms with Crippen molar-refractivity contribution in [2.45, 2.75) is 26.4 Å². The smallest absolute Gasteiger partial charge is 1.00 e. The standard InChI is InChI=1S/C12H10O.C4H9O.3ClH.3Zr/c13-12-9-5-4-8-11(12)10-6-2-1-3-7-10;1-4(2,3)5;;;;;;/h1-9,13H;1-3H3;3*1H;;;/q;-1;;;;3*+4/p-4. The van der Waals surface area contributed by atoms with Gasteiger partial charge in [-0.3, -0.25) is 0 Å². The molecule has 0 heterocycles. The summed E-state index contributed by atoms with van der Waals surface area (Å²) in [5, 5.41) is 21.5. The third kappa shape index (κ3) is 20.0. The Bertz CT molecular complexity index is 489. The molecule has 0 saturated heterocycles. The molecule has 0 radical (unpaired) electrons. The Morgan fingerprint density at radius 1 is 0.667 bits per heavy atom. The molecule has 0 aliphatic heterocycles. The van der Waals surface area contributed by atoms with Crippen LogP contribution in [-0.4, -0.2) is 5.60 Å². The molecule has 0 amide bonds. The molecule has 2 aromatic carbocycles. The molecule has 24 heavy (non-hydrogen) atoms. The van der Waals surface area contributed by atoms with Crippen LogP contribution < -0.4 is 47.4 Å². The van der Waals surface area contributed by atoms with Crippen LogP contribution in [0.2, 0.25) is 0 Å². The van der Waals surface area contributed by atoms with Crippen LogP contribution in [0.4, 0.5) is 0 Å². The van der Waals surface area contributed by atoms with E-state index in [0.717, 1.165) is 11.1 Å². The summed E-state index contributed by atoms with van der Waals surface area (Å²) in [6.07, 6.45) is 0. The summed E-state index contributed by atoms with van der Waals surface area (Å²) in [4.78, 5) is 0. The van der Waals surface area contributed by atoms with Crippen molar-refractivity contribution >= 4 is 0 Å². The quantitative estimate of drug-likeness (QED) is 0.318. The average molecular weight is 622 g/mol. The first-order valence-electron chi connectivity index (χ1n) is 5.90. The molecule has 0 N–H and O–H groups in total. The first kappa shape index (κ1) is 40.4. The molecule has 0 saturated carbocycles. The second kappa shape index (κ2) is 21.0. The average Bonchev–Trinajstić information content (AvgIpc) is 2.29. The molecule has 8 heteroatoms. The van der Waals surface area contributed by atoms with Gasteiger partial charge >= 0.3 is 78.6 Å². The van der Waals surface area contributed by atoms with Crippen molar-refractivity contribution in [2.24, 2.45) is 0 Å². The van der Waals surface area contributed by atoms with Crippen LogP contribution in [0.1, 0.15) is 20.8 Å². The Hall–Kier alpha value is 1.72. The van der Waals surface area contributed by atoms with Crippen LogP contribution in [-0.2, 0) is 78.6 Å². The molecule has 0 bridgehead atoms. The number of rotatable bonds is 1. The van der Waals surface area contributed by atoms with Gasteiger partial charge in [0.1, 0.15) is 0 Å². The van der Waals surface area contributed by atoms with E-state index in [1.54, 1.807) is 32.9 Å². The number of halogens is 3. The second-order valence-electron chi connectivity index (χ2n) is 4.97. The van der Waals surface area contributed by atoms with Crippen LogP contribution in [0.5, 0.6) is 5.75 Å². The molecule has 0 atom stereocenters. The van der Waals surface area contributed by atoms with Gasteiger partial charge in [0.15, 0.2) is 0 Å². The van der Waals surface area contributed by atoms with Gasteiger partial charge in [-0.25, -0.2) is 0 Å². The van der Waals surface area contributed by atoms with Crippen LogP contribution in [0.25, 0.3) is 11.1 Å². The van der Waals surface area contributed by atoms with E-state index >= 15 is 0 Å². The zero-order valence-electron chi connectivity index (χ0n) is 13.6. The van der Waals surface area contributed by atoms with Crippen molar-refractivity contribution in [1.82, 2.24) is 0 Å². The third-order valence-corrected chi connectivity index (χ3v) is 1.97. The monoisotopic (exact) mass is 617 g/mol. The van der Waals surface area contributed by atoms with Gasteiger partial charge in [0.2, 0.25) is 0 Å². The topological polar surface area (TPSA) is 46.1 Å². The first-order valence-corrected chi connectivity index (χ1v) is 5.90. The van der Waals surface area contributed by atoms with E-state index in [1.165, 1.54) is 0 Å². The van der Waals surface area contributed by atoms with Crippen LogP contribution in [0, 0.1) is 0 Å². The fourth-order valence-electron chi connectivity index (χ4n) is 1.32. The molecule has 2 nitrogen and oxygen atoms in total. The number of hydrogen-bond acceptors (Lipinski definition) is 2. The molecule has 0 aliphatic carbocycles. The van der Waals surface area contributed by atoms with Gasteiger partial charge in [-0.1, -0.05) is 75.4 Å². The minimum Gasteiger partial charge on any atom is -1.00 e. The molecule has 0 aromatic heterocycles. The van der Waals surface area contributed by atoms with E-state index in [9.17, 15) is 10.2 Å². The molecule has 0 unspecified atom stereocenters. The molecule has 2 aromatic rings. The van der Waals surface area contributed by atoms with Crippen molar-refractivity contribution in [3.8, 4) is 16.9 Å². The van der Waals surface area contributed by atoms with E-state index in [4.69, 9.17) is 0 Å². The normalized spacial score (nSPS) is 7.83. The molecular formula is C16H18Cl3O2Zr3+7. The Kier molecular flexibility index (Phi) is 35.4. The Labute approximate surface area is 221 Å². The van der Waals surface area contributed by atoms with Crippen molar-refractivity contribution in [3.05, 3.63) is 54.6 Å². The third-order valence-electron chi connectivity index (χ3n) is 1.97. The second-order valence-corrected chi connectivity index (χ2v) is 4.97. The minimum atomic E-state index is -0.750. The summed E-state index contributed by atoms with van der Waals surface area (Å²) in [5.74, 6) is 0.0775. The molecule has 0 spiro atoms. The summed E-state index contributed by atoms with van der Waals surface area (Å²) in [7, 11) is 0. The maximum Gasteiger partial charge on any atom is 4.00 e. The minimum absolute atomic E-state index is 0. The van der Waals surface area contributed by atoms with Gasteiger partial charge in [0.25, 0.3) is 0 Å². The summed E-state index contributed by atoms with van der Waals surface area (Å²) in [5.41, 5.74) is 0.996. The zero-order chi connectivity index (χ0) is 13.6. The summed E-state index contributed by atoms with van der Waals surface area (Å²) < 4.78 is 0. The van der Waals surface area contributed by atoms with Gasteiger partial charge in [-0.05, 0) is 11.1 Å². The predicted octanol–water partition coefficient (Wildman–Crippen LogP) is -6.42. The number of para-hydroxylation sites is 1. The van der Waals surface area contributed by atoms with Gasteiger partial charge in [-0.2, -0.15) is 0 Å². The Balaban J connectivity index is -0.0000000667. The molecule has 0 aliphatic rings. The molecular weight excluding hydrogens is 604 g/mol. The van der Waals surface area contributed by atoms with E-state index in [-0.39, 0.29) is 122 Å². The molecule has 0 fully saturated rings. The van der Waals surface area contributed by atoms with Crippen LogP contribution >= 0.6 is 0 Å². The van der Waals surface area contributed by atoms with E-state index < -0.39 is 5.60 Å². The molecule has 2 rings (SSSR count). The van der Waals surface area contributed by atoms with Gasteiger partial charge in [0.05, 0.1) is 0 Å². The summed E-state index contributed by atoms with van der Waals surface area (Å²) in [6, 6.07) is 16.8. The van der Waals surface area contributed by atoms with Gasteiger partial charge < -0.3 is 47.4 Å². The van der Waals surface area contributed by atoms with Crippen LogP contribution in [0.3, 0.4) is 0 Å². The predicted molar refractivity (Wildman–Crippen MR) is 71.1 cm³/mol. The number of hydrogen-bond donors (Lipinski definition) is 0. The van der Waals surface area contributed by atoms with Crippen molar-refractivity contribution in [3.63, 3.8) is 0 Å². The fraction of sp³-hybridized carbons (Fsp3) is 0.250. The maximum absolute atomic E-state index is 11.4. The Morgan fingerprint density at radius 2 is 1.00 bits per heavy atom. The SMILES string of the molecule is CC(C)(C)[O-].[Cl-].[Cl-].[Cl-].[O-]c1ccccc1-c1ccccc1.[Zr+4].[Zr+4].[Zr+4]. The number of benzene rings is 2. The van der Waals surface area contributed by atoms with Gasteiger partial charge in [-0.15, -0.1) is 11.4 Å². The van der Waals surface area contributed by atoms with Gasteiger partial charge in [0, 0.05) is 0 Å². The van der Waals surface area contributed by atoms with E-state index in [0.29, 0.717) is 0 Å². The summed E-state index contributed by atoms with van der Waals surface area (Å²) in [6.45, 7) is 4.90. The largest absolute Gasteiger partial charge is 4.00 e. The fourth-order valence-corrected chi connectivity index (χ4v) is 1.32. The first-order chi connectivity index (χ1) is 8.38. The summed E-state index contributed by atoms with van der Waals surface area (Å²) >= 11 is 0. The maximum atomic E-state index is 11.4. The zero-order valence-corrected chi connectivity index (χ0v) is 23.3. The van der Waals surface area contributed by atoms with E-state index in [2.05, 4.69) is 0 Å². The van der Waals surface area contributed by atoms with Crippen molar-refractivity contribution in [2.75, 3.05) is 0 Å².